The zero-order chi connectivity index (χ0) is 22.3. The Bertz CT molecular complexity index is 1230. The molecule has 3 heterocycles. The molecule has 0 saturated heterocycles. The Kier molecular flexibility index (Phi) is 7.03. The number of aromatic nitrogens is 5. The summed E-state index contributed by atoms with van der Waals surface area (Å²) in [5.74, 6) is 0.543. The SMILES string of the molecule is CC(=NNC(=O)CSc1nnc(-c2cccnc2)n1-c1ccc(Br)cc1)c1ccncc1. The van der Waals surface area contributed by atoms with Gasteiger partial charge in [-0.3, -0.25) is 19.3 Å². The molecule has 3 aromatic heterocycles. The Morgan fingerprint density at radius 2 is 1.84 bits per heavy atom. The van der Waals surface area contributed by atoms with Crippen molar-refractivity contribution >= 4 is 39.3 Å². The second kappa shape index (κ2) is 10.3. The lowest BCUT2D eigenvalue weighted by Crippen LogP contribution is -2.21. The summed E-state index contributed by atoms with van der Waals surface area (Å²) < 4.78 is 2.88. The minimum atomic E-state index is -0.239. The van der Waals surface area contributed by atoms with E-state index in [1.807, 2.05) is 60.0 Å². The number of carbonyl (C=O) groups is 1. The van der Waals surface area contributed by atoms with Gasteiger partial charge in [-0.25, -0.2) is 5.43 Å². The fourth-order valence-corrected chi connectivity index (χ4v) is 3.84. The maximum absolute atomic E-state index is 12.4. The van der Waals surface area contributed by atoms with Crippen LogP contribution in [0.4, 0.5) is 0 Å². The van der Waals surface area contributed by atoms with Gasteiger partial charge in [0.2, 0.25) is 0 Å². The first-order chi connectivity index (χ1) is 15.6. The summed E-state index contributed by atoms with van der Waals surface area (Å²) in [5.41, 5.74) is 5.89. The Balaban J connectivity index is 1.53. The molecule has 8 nitrogen and oxygen atoms in total. The van der Waals surface area contributed by atoms with Crippen molar-refractivity contribution in [3.8, 4) is 17.1 Å². The number of nitrogens with one attached hydrogen (secondary N) is 1. The number of rotatable bonds is 7. The quantitative estimate of drug-likeness (QED) is 0.229. The van der Waals surface area contributed by atoms with E-state index in [1.54, 1.807) is 24.8 Å². The first-order valence-corrected chi connectivity index (χ1v) is 11.4. The van der Waals surface area contributed by atoms with Crippen molar-refractivity contribution in [1.82, 2.24) is 30.2 Å². The number of hydrogen-bond acceptors (Lipinski definition) is 7. The Labute approximate surface area is 197 Å². The predicted octanol–water partition coefficient (Wildman–Crippen LogP) is 4.12. The topological polar surface area (TPSA) is 98.0 Å². The van der Waals surface area contributed by atoms with Gasteiger partial charge in [-0.05, 0) is 55.5 Å². The molecule has 0 aliphatic carbocycles. The third-order valence-electron chi connectivity index (χ3n) is 4.42. The smallest absolute Gasteiger partial charge is 0.250 e. The molecular weight excluding hydrogens is 490 g/mol. The van der Waals surface area contributed by atoms with Crippen LogP contribution in [0.1, 0.15) is 12.5 Å². The van der Waals surface area contributed by atoms with E-state index in [9.17, 15) is 4.79 Å². The molecule has 160 valence electrons. The van der Waals surface area contributed by atoms with Gasteiger partial charge in [-0.1, -0.05) is 27.7 Å². The van der Waals surface area contributed by atoms with E-state index in [2.05, 4.69) is 46.6 Å². The van der Waals surface area contributed by atoms with Crippen molar-refractivity contribution in [2.45, 2.75) is 12.1 Å². The average molecular weight is 508 g/mol. The van der Waals surface area contributed by atoms with Crippen molar-refractivity contribution in [3.05, 3.63) is 83.4 Å². The molecule has 4 rings (SSSR count). The zero-order valence-electron chi connectivity index (χ0n) is 17.0. The van der Waals surface area contributed by atoms with Crippen LogP contribution >= 0.6 is 27.7 Å². The standard InChI is InChI=1S/C22H18BrN7OS/c1-15(16-8-11-24-12-9-16)26-27-20(31)14-32-22-29-28-21(17-3-2-10-25-13-17)30(22)19-6-4-18(23)5-7-19/h2-13H,14H2,1H3,(H,27,31). The Morgan fingerprint density at radius 3 is 2.56 bits per heavy atom. The molecule has 10 heteroatoms. The molecule has 1 N–H and O–H groups in total. The number of thioether (sulfide) groups is 1. The lowest BCUT2D eigenvalue weighted by Gasteiger charge is -2.10. The predicted molar refractivity (Wildman–Crippen MR) is 128 cm³/mol. The number of hydrogen-bond donors (Lipinski definition) is 1. The van der Waals surface area contributed by atoms with E-state index < -0.39 is 0 Å². The Hall–Kier alpha value is -3.37. The number of pyridine rings is 2. The summed E-state index contributed by atoms with van der Waals surface area (Å²) in [4.78, 5) is 20.6. The molecule has 0 radical (unpaired) electrons. The zero-order valence-corrected chi connectivity index (χ0v) is 19.4. The van der Waals surface area contributed by atoms with Gasteiger partial charge in [-0.2, -0.15) is 5.10 Å². The molecule has 0 aliphatic heterocycles. The van der Waals surface area contributed by atoms with Crippen molar-refractivity contribution in [1.29, 1.82) is 0 Å². The van der Waals surface area contributed by atoms with Crippen molar-refractivity contribution < 1.29 is 4.79 Å². The first-order valence-electron chi connectivity index (χ1n) is 9.60. The highest BCUT2D eigenvalue weighted by Crippen LogP contribution is 2.28. The van der Waals surface area contributed by atoms with Crippen LogP contribution in [0, 0.1) is 0 Å². The third kappa shape index (κ3) is 5.27. The van der Waals surface area contributed by atoms with Gasteiger partial charge in [-0.15, -0.1) is 10.2 Å². The van der Waals surface area contributed by atoms with Crippen LogP contribution in [0.2, 0.25) is 0 Å². The molecular formula is C22H18BrN7OS. The highest BCUT2D eigenvalue weighted by atomic mass is 79.9. The number of carbonyl (C=O) groups excluding carboxylic acids is 1. The summed E-state index contributed by atoms with van der Waals surface area (Å²) in [5, 5.41) is 13.4. The molecule has 1 amide bonds. The van der Waals surface area contributed by atoms with E-state index in [4.69, 9.17) is 0 Å². The maximum Gasteiger partial charge on any atom is 0.250 e. The van der Waals surface area contributed by atoms with E-state index in [0.717, 1.165) is 21.3 Å². The second-order valence-corrected chi connectivity index (χ2v) is 8.47. The first kappa shape index (κ1) is 21.8. The number of benzene rings is 1. The number of amides is 1. The Morgan fingerprint density at radius 1 is 1.06 bits per heavy atom. The molecule has 0 atom stereocenters. The van der Waals surface area contributed by atoms with Gasteiger partial charge < -0.3 is 0 Å². The van der Waals surface area contributed by atoms with Gasteiger partial charge in [0.05, 0.1) is 11.5 Å². The molecule has 0 bridgehead atoms. The average Bonchev–Trinajstić information content (AvgIpc) is 3.27. The van der Waals surface area contributed by atoms with Crippen LogP contribution in [0.5, 0.6) is 0 Å². The van der Waals surface area contributed by atoms with Crippen LogP contribution in [-0.2, 0) is 4.79 Å². The number of halogens is 1. The summed E-state index contributed by atoms with van der Waals surface area (Å²) in [6, 6.07) is 15.2. The maximum atomic E-state index is 12.4. The van der Waals surface area contributed by atoms with Crippen LogP contribution in [0.25, 0.3) is 17.1 Å². The lowest BCUT2D eigenvalue weighted by molar-refractivity contribution is -0.118. The summed E-state index contributed by atoms with van der Waals surface area (Å²) in [7, 11) is 0. The molecule has 0 saturated carbocycles. The van der Waals surface area contributed by atoms with Crippen molar-refractivity contribution in [2.75, 3.05) is 5.75 Å². The molecule has 0 spiro atoms. The van der Waals surface area contributed by atoms with Crippen LogP contribution < -0.4 is 5.43 Å². The van der Waals surface area contributed by atoms with Crippen LogP contribution in [0.3, 0.4) is 0 Å². The van der Waals surface area contributed by atoms with Gasteiger partial charge >= 0.3 is 0 Å². The van der Waals surface area contributed by atoms with Crippen molar-refractivity contribution in [3.63, 3.8) is 0 Å². The van der Waals surface area contributed by atoms with Gasteiger partial charge in [0, 0.05) is 46.1 Å². The minimum absolute atomic E-state index is 0.134. The fraction of sp³-hybridized carbons (Fsp3) is 0.0909. The molecule has 32 heavy (non-hydrogen) atoms. The van der Waals surface area contributed by atoms with E-state index in [0.29, 0.717) is 16.7 Å². The molecule has 4 aromatic rings. The molecule has 0 aliphatic rings. The summed E-state index contributed by atoms with van der Waals surface area (Å²) in [6.45, 7) is 1.83. The molecule has 0 fully saturated rings. The number of nitrogens with zero attached hydrogens (tertiary/aromatic N) is 6. The summed E-state index contributed by atoms with van der Waals surface area (Å²) in [6.07, 6.45) is 6.80. The monoisotopic (exact) mass is 507 g/mol. The lowest BCUT2D eigenvalue weighted by atomic mass is 10.2. The summed E-state index contributed by atoms with van der Waals surface area (Å²) >= 11 is 4.74. The highest BCUT2D eigenvalue weighted by Gasteiger charge is 2.17. The molecule has 1 aromatic carbocycles. The largest absolute Gasteiger partial charge is 0.272 e. The van der Waals surface area contributed by atoms with E-state index in [1.165, 1.54) is 11.8 Å². The third-order valence-corrected chi connectivity index (χ3v) is 5.87. The molecule has 0 unspecified atom stereocenters. The number of hydrazone groups is 1. The van der Waals surface area contributed by atoms with Gasteiger partial charge in [0.25, 0.3) is 5.91 Å². The van der Waals surface area contributed by atoms with Crippen LogP contribution in [-0.4, -0.2) is 42.1 Å². The van der Waals surface area contributed by atoms with Gasteiger partial charge in [0.15, 0.2) is 11.0 Å². The fourth-order valence-electron chi connectivity index (χ4n) is 2.83. The minimum Gasteiger partial charge on any atom is -0.272 e. The van der Waals surface area contributed by atoms with Crippen molar-refractivity contribution in [2.24, 2.45) is 5.10 Å². The highest BCUT2D eigenvalue weighted by molar-refractivity contribution is 9.10. The van der Waals surface area contributed by atoms with E-state index >= 15 is 0 Å². The van der Waals surface area contributed by atoms with Crippen LogP contribution in [0.15, 0.2) is 88.0 Å². The van der Waals surface area contributed by atoms with Gasteiger partial charge in [0.1, 0.15) is 0 Å². The normalized spacial score (nSPS) is 11.4. The van der Waals surface area contributed by atoms with E-state index in [-0.39, 0.29) is 11.7 Å². The second-order valence-electron chi connectivity index (χ2n) is 6.62.